The first-order valence-corrected chi connectivity index (χ1v) is 11.4. The third-order valence-corrected chi connectivity index (χ3v) is 6.70. The number of hydrogen-bond donors (Lipinski definition) is 2. The number of ether oxygens (including phenoxy) is 1. The van der Waals surface area contributed by atoms with Gasteiger partial charge in [-0.1, -0.05) is 24.3 Å². The van der Waals surface area contributed by atoms with Crippen LogP contribution in [0.2, 0.25) is 0 Å². The number of amides is 3. The van der Waals surface area contributed by atoms with Crippen LogP contribution in [-0.2, 0) is 10.2 Å². The van der Waals surface area contributed by atoms with E-state index in [0.29, 0.717) is 37.8 Å². The lowest BCUT2D eigenvalue weighted by Gasteiger charge is -2.36. The number of benzene rings is 2. The lowest BCUT2D eigenvalue weighted by molar-refractivity contribution is 0.158. The van der Waals surface area contributed by atoms with E-state index in [9.17, 15) is 28.0 Å². The average molecular weight is 523 g/mol. The van der Waals surface area contributed by atoms with E-state index in [1.807, 2.05) is 0 Å². The highest BCUT2D eigenvalue weighted by atomic mass is 35.5. The Bertz CT molecular complexity index is 1150. The summed E-state index contributed by atoms with van der Waals surface area (Å²) in [5.74, 6) is -2.47. The van der Waals surface area contributed by atoms with Crippen LogP contribution in [0.1, 0.15) is 42.9 Å². The van der Waals surface area contributed by atoms with Crippen molar-refractivity contribution in [3.8, 4) is 6.07 Å². The molecule has 3 amide bonds. The van der Waals surface area contributed by atoms with Gasteiger partial charge in [-0.2, -0.15) is 5.26 Å². The van der Waals surface area contributed by atoms with E-state index in [2.05, 4.69) is 16.7 Å². The van der Waals surface area contributed by atoms with Gasteiger partial charge in [0.25, 0.3) is 0 Å². The molecule has 0 radical (unpaired) electrons. The van der Waals surface area contributed by atoms with E-state index < -0.39 is 35.2 Å². The zero-order chi connectivity index (χ0) is 25.0. The molecule has 1 atom stereocenters. The number of carbonyl (C=O) groups is 2. The average Bonchev–Trinajstić information content (AvgIpc) is 3.25. The topological polar surface area (TPSA) is 94.5 Å². The van der Waals surface area contributed by atoms with Gasteiger partial charge in [-0.3, -0.25) is 0 Å². The fraction of sp³-hybridized carbons (Fsp3) is 0.400. The van der Waals surface area contributed by atoms with Crippen LogP contribution < -0.4 is 10.6 Å². The summed E-state index contributed by atoms with van der Waals surface area (Å²) in [5, 5.41) is 15.7. The van der Waals surface area contributed by atoms with Crippen LogP contribution in [0.3, 0.4) is 0 Å². The normalized spacial score (nSPS) is 23.4. The first-order chi connectivity index (χ1) is 16.8. The van der Waals surface area contributed by atoms with Crippen LogP contribution in [0, 0.1) is 28.8 Å². The fourth-order valence-electron chi connectivity index (χ4n) is 4.75. The van der Waals surface area contributed by atoms with Crippen molar-refractivity contribution in [2.24, 2.45) is 0 Å². The van der Waals surface area contributed by atoms with Crippen molar-refractivity contribution in [2.45, 2.75) is 43.2 Å². The van der Waals surface area contributed by atoms with Gasteiger partial charge in [0.15, 0.2) is 11.6 Å². The molecule has 2 fully saturated rings. The van der Waals surface area contributed by atoms with Gasteiger partial charge in [0.2, 0.25) is 0 Å². The second-order valence-corrected chi connectivity index (χ2v) is 8.77. The summed E-state index contributed by atoms with van der Waals surface area (Å²) in [5.41, 5.74) is -0.162. The standard InChI is InChI=1S/C25H25F3N4O3.ClH/c26-19-4-2-1-3-18(19)25(15-29)9-7-17(8-10-25)30-11-12-31-23(33)32-22(14-35-24(32)34)16-5-6-20(27)21(28)13-16;/h1-6,13,17,22,30H,7-12,14H2,(H,31,33);1H. The van der Waals surface area contributed by atoms with E-state index in [1.165, 1.54) is 12.1 Å². The molecule has 11 heteroatoms. The van der Waals surface area contributed by atoms with E-state index in [1.54, 1.807) is 18.2 Å². The first kappa shape index (κ1) is 27.3. The highest BCUT2D eigenvalue weighted by Crippen LogP contribution is 2.40. The molecule has 2 N–H and O–H groups in total. The number of imide groups is 1. The van der Waals surface area contributed by atoms with Crippen LogP contribution in [0.4, 0.5) is 22.8 Å². The molecule has 1 aliphatic carbocycles. The molecule has 0 spiro atoms. The van der Waals surface area contributed by atoms with Crippen molar-refractivity contribution in [3.05, 3.63) is 71.0 Å². The maximum atomic E-state index is 14.3. The summed E-state index contributed by atoms with van der Waals surface area (Å²) < 4.78 is 46.1. The molecule has 1 saturated heterocycles. The molecular weight excluding hydrogens is 497 g/mol. The Morgan fingerprint density at radius 1 is 1.08 bits per heavy atom. The predicted molar refractivity (Wildman–Crippen MR) is 127 cm³/mol. The third-order valence-electron chi connectivity index (χ3n) is 6.70. The molecule has 7 nitrogen and oxygen atoms in total. The Hall–Kier alpha value is -3.29. The van der Waals surface area contributed by atoms with Gasteiger partial charge in [0.05, 0.1) is 11.5 Å². The van der Waals surface area contributed by atoms with Crippen molar-refractivity contribution in [1.82, 2.24) is 15.5 Å². The van der Waals surface area contributed by atoms with E-state index in [4.69, 9.17) is 4.74 Å². The van der Waals surface area contributed by atoms with E-state index >= 15 is 0 Å². The Balaban J connectivity index is 0.00000361. The number of cyclic esters (lactones) is 1. The van der Waals surface area contributed by atoms with Crippen molar-refractivity contribution in [1.29, 1.82) is 5.26 Å². The molecular formula is C25H26ClF3N4O3. The number of hydrogen-bond acceptors (Lipinski definition) is 5. The summed E-state index contributed by atoms with van der Waals surface area (Å²) in [7, 11) is 0. The van der Waals surface area contributed by atoms with Crippen molar-refractivity contribution in [3.63, 3.8) is 0 Å². The predicted octanol–water partition coefficient (Wildman–Crippen LogP) is 4.72. The molecule has 0 aromatic heterocycles. The van der Waals surface area contributed by atoms with Gasteiger partial charge < -0.3 is 15.4 Å². The molecule has 2 aromatic rings. The highest BCUT2D eigenvalue weighted by Gasteiger charge is 2.40. The van der Waals surface area contributed by atoms with Crippen LogP contribution in [0.15, 0.2) is 42.5 Å². The highest BCUT2D eigenvalue weighted by molar-refractivity contribution is 5.92. The van der Waals surface area contributed by atoms with Gasteiger partial charge in [0.1, 0.15) is 18.5 Å². The largest absolute Gasteiger partial charge is 0.446 e. The second-order valence-electron chi connectivity index (χ2n) is 8.77. The van der Waals surface area contributed by atoms with Crippen LogP contribution in [0.5, 0.6) is 0 Å². The van der Waals surface area contributed by atoms with Gasteiger partial charge in [-0.25, -0.2) is 27.7 Å². The Labute approximate surface area is 213 Å². The molecule has 192 valence electrons. The van der Waals surface area contributed by atoms with Gasteiger partial charge in [-0.15, -0.1) is 12.4 Å². The van der Waals surface area contributed by atoms with E-state index in [-0.39, 0.29) is 43.0 Å². The zero-order valence-electron chi connectivity index (χ0n) is 19.3. The molecule has 1 saturated carbocycles. The van der Waals surface area contributed by atoms with Crippen LogP contribution >= 0.6 is 12.4 Å². The molecule has 2 aromatic carbocycles. The van der Waals surface area contributed by atoms with Crippen molar-refractivity contribution in [2.75, 3.05) is 19.7 Å². The summed E-state index contributed by atoms with van der Waals surface area (Å²) in [6.07, 6.45) is 1.52. The zero-order valence-corrected chi connectivity index (χ0v) is 20.1. The third kappa shape index (κ3) is 5.58. The minimum Gasteiger partial charge on any atom is -0.446 e. The SMILES string of the molecule is Cl.N#CC1(c2ccccc2F)CCC(NCCNC(=O)N2C(=O)OCC2c2ccc(F)c(F)c2)CC1. The molecule has 1 unspecified atom stereocenters. The smallest absolute Gasteiger partial charge is 0.418 e. The Kier molecular flexibility index (Phi) is 8.82. The Morgan fingerprint density at radius 2 is 1.81 bits per heavy atom. The van der Waals surface area contributed by atoms with Crippen molar-refractivity contribution >= 4 is 24.5 Å². The molecule has 4 rings (SSSR count). The Morgan fingerprint density at radius 3 is 2.47 bits per heavy atom. The van der Waals surface area contributed by atoms with Crippen molar-refractivity contribution < 1.29 is 27.5 Å². The monoisotopic (exact) mass is 522 g/mol. The summed E-state index contributed by atoms with van der Waals surface area (Å²) in [4.78, 5) is 25.5. The maximum absolute atomic E-state index is 14.3. The lowest BCUT2D eigenvalue weighted by atomic mass is 9.69. The first-order valence-electron chi connectivity index (χ1n) is 11.4. The second kappa shape index (κ2) is 11.6. The van der Waals surface area contributed by atoms with Gasteiger partial charge in [0, 0.05) is 24.7 Å². The number of carbonyl (C=O) groups excluding carboxylic acids is 2. The minimum atomic E-state index is -1.07. The summed E-state index contributed by atoms with van der Waals surface area (Å²) >= 11 is 0. The number of rotatable bonds is 6. The van der Waals surface area contributed by atoms with Crippen LogP contribution in [0.25, 0.3) is 0 Å². The lowest BCUT2D eigenvalue weighted by Crippen LogP contribution is -2.46. The number of nitrogens with one attached hydrogen (secondary N) is 2. The number of urea groups is 1. The molecule has 0 bridgehead atoms. The van der Waals surface area contributed by atoms with E-state index in [0.717, 1.165) is 17.0 Å². The molecule has 1 heterocycles. The van der Waals surface area contributed by atoms with Crippen LogP contribution in [-0.4, -0.2) is 42.8 Å². The molecule has 2 aliphatic rings. The fourth-order valence-corrected chi connectivity index (χ4v) is 4.75. The van der Waals surface area contributed by atoms with Gasteiger partial charge in [-0.05, 0) is 49.4 Å². The quantitative estimate of drug-likeness (QED) is 0.535. The van der Waals surface area contributed by atoms with Gasteiger partial charge >= 0.3 is 12.1 Å². The number of nitriles is 1. The maximum Gasteiger partial charge on any atom is 0.418 e. The summed E-state index contributed by atoms with van der Waals surface area (Å²) in [6, 6.07) is 10.4. The number of nitrogens with zero attached hydrogens (tertiary/aromatic N) is 2. The molecule has 36 heavy (non-hydrogen) atoms. The number of halogens is 4. The summed E-state index contributed by atoms with van der Waals surface area (Å²) in [6.45, 7) is 0.467. The minimum absolute atomic E-state index is 0. The molecule has 1 aliphatic heterocycles.